The molecule has 1 heterocycles. The van der Waals surface area contributed by atoms with Gasteiger partial charge >= 0.3 is 0 Å². The van der Waals surface area contributed by atoms with Crippen LogP contribution < -0.4 is 0 Å². The highest BCUT2D eigenvalue weighted by Gasteiger charge is 2.04. The van der Waals surface area contributed by atoms with E-state index in [0.717, 1.165) is 10.4 Å². The Hall–Kier alpha value is -1.66. The van der Waals surface area contributed by atoms with Crippen LogP contribution in [0.5, 0.6) is 0 Å². The van der Waals surface area contributed by atoms with Crippen LogP contribution in [-0.2, 0) is 0 Å². The molecule has 1 aromatic carbocycles. The Kier molecular flexibility index (Phi) is 2.30. The molecule has 0 unspecified atom stereocenters. The summed E-state index contributed by atoms with van der Waals surface area (Å²) in [5, 5.41) is 10.5. The summed E-state index contributed by atoms with van der Waals surface area (Å²) in [4.78, 5) is 1.01. The van der Waals surface area contributed by atoms with Gasteiger partial charge in [0.15, 0.2) is 0 Å². The number of rotatable bonds is 1. The molecule has 1 nitrogen and oxygen atoms in total. The molecule has 0 aliphatic rings. The molecule has 0 atom stereocenters. The Morgan fingerprint density at radius 2 is 2.14 bits per heavy atom. The normalized spacial score (nSPS) is 9.71. The second-order valence-corrected chi connectivity index (χ2v) is 3.73. The standard InChI is InChI=1S/C11H6FNS/c12-10-6-8(3-4-9(10)7-13)11-2-1-5-14-11/h1-6H. The number of hydrogen-bond donors (Lipinski definition) is 0. The van der Waals surface area contributed by atoms with Crippen LogP contribution >= 0.6 is 11.3 Å². The quantitative estimate of drug-likeness (QED) is 0.696. The van der Waals surface area contributed by atoms with Gasteiger partial charge in [-0.2, -0.15) is 5.26 Å². The molecule has 0 N–H and O–H groups in total. The van der Waals surface area contributed by atoms with Crippen molar-refractivity contribution in [2.45, 2.75) is 0 Å². The molecule has 14 heavy (non-hydrogen) atoms. The van der Waals surface area contributed by atoms with Crippen molar-refractivity contribution in [3.63, 3.8) is 0 Å². The predicted octanol–water partition coefficient (Wildman–Crippen LogP) is 3.43. The lowest BCUT2D eigenvalue weighted by atomic mass is 10.1. The fraction of sp³-hybridized carbons (Fsp3) is 0. The van der Waals surface area contributed by atoms with Gasteiger partial charge in [-0.05, 0) is 29.1 Å². The first-order valence-electron chi connectivity index (χ1n) is 4.05. The maximum atomic E-state index is 13.2. The minimum absolute atomic E-state index is 0.0882. The average Bonchev–Trinajstić information content (AvgIpc) is 2.70. The number of hydrogen-bond acceptors (Lipinski definition) is 2. The fourth-order valence-electron chi connectivity index (χ4n) is 1.20. The first kappa shape index (κ1) is 8.92. The van der Waals surface area contributed by atoms with Crippen molar-refractivity contribution in [1.82, 2.24) is 0 Å². The molecule has 0 radical (unpaired) electrons. The Bertz CT molecular complexity index is 482. The highest BCUT2D eigenvalue weighted by atomic mass is 32.1. The monoisotopic (exact) mass is 203 g/mol. The van der Waals surface area contributed by atoms with Crippen molar-refractivity contribution in [2.75, 3.05) is 0 Å². The van der Waals surface area contributed by atoms with E-state index in [2.05, 4.69) is 0 Å². The largest absolute Gasteiger partial charge is 0.206 e. The van der Waals surface area contributed by atoms with Crippen LogP contribution in [-0.4, -0.2) is 0 Å². The SMILES string of the molecule is N#Cc1ccc(-c2cccs2)cc1F. The van der Waals surface area contributed by atoms with E-state index < -0.39 is 5.82 Å². The number of thiophene rings is 1. The fourth-order valence-corrected chi connectivity index (χ4v) is 1.93. The molecule has 0 bridgehead atoms. The van der Waals surface area contributed by atoms with Crippen molar-refractivity contribution in [1.29, 1.82) is 5.26 Å². The minimum atomic E-state index is -0.460. The second-order valence-electron chi connectivity index (χ2n) is 2.78. The number of nitriles is 1. The molecule has 0 aliphatic carbocycles. The summed E-state index contributed by atoms with van der Waals surface area (Å²) in [7, 11) is 0. The van der Waals surface area contributed by atoms with E-state index in [4.69, 9.17) is 5.26 Å². The smallest absolute Gasteiger partial charge is 0.141 e. The van der Waals surface area contributed by atoms with Crippen LogP contribution in [0.3, 0.4) is 0 Å². The lowest BCUT2D eigenvalue weighted by Gasteiger charge is -1.98. The first-order chi connectivity index (χ1) is 6.81. The Morgan fingerprint density at radius 1 is 1.29 bits per heavy atom. The van der Waals surface area contributed by atoms with Crippen LogP contribution in [0.1, 0.15) is 5.56 Å². The second kappa shape index (κ2) is 3.60. The van der Waals surface area contributed by atoms with E-state index in [-0.39, 0.29) is 5.56 Å². The predicted molar refractivity (Wildman–Crippen MR) is 54.4 cm³/mol. The van der Waals surface area contributed by atoms with Crippen LogP contribution in [0, 0.1) is 17.1 Å². The molecule has 0 fully saturated rings. The van der Waals surface area contributed by atoms with Gasteiger partial charge in [0.05, 0.1) is 5.56 Å². The average molecular weight is 203 g/mol. The molecule has 2 rings (SSSR count). The Morgan fingerprint density at radius 3 is 2.71 bits per heavy atom. The first-order valence-corrected chi connectivity index (χ1v) is 4.93. The number of nitrogens with zero attached hydrogens (tertiary/aromatic N) is 1. The van der Waals surface area contributed by atoms with Gasteiger partial charge in [0, 0.05) is 4.88 Å². The van der Waals surface area contributed by atoms with E-state index in [1.54, 1.807) is 23.5 Å². The number of halogens is 1. The van der Waals surface area contributed by atoms with Crippen molar-refractivity contribution in [3.05, 3.63) is 47.1 Å². The summed E-state index contributed by atoms with van der Waals surface area (Å²) < 4.78 is 13.2. The summed E-state index contributed by atoms with van der Waals surface area (Å²) in [6.07, 6.45) is 0. The van der Waals surface area contributed by atoms with E-state index >= 15 is 0 Å². The summed E-state index contributed by atoms with van der Waals surface area (Å²) in [6.45, 7) is 0. The highest BCUT2D eigenvalue weighted by Crippen LogP contribution is 2.25. The molecule has 0 aliphatic heterocycles. The molecule has 0 saturated heterocycles. The summed E-state index contributed by atoms with van der Waals surface area (Å²) in [5.74, 6) is -0.460. The molecule has 1 aromatic heterocycles. The van der Waals surface area contributed by atoms with E-state index in [1.807, 2.05) is 17.5 Å². The van der Waals surface area contributed by atoms with Gasteiger partial charge in [-0.1, -0.05) is 12.1 Å². The maximum absolute atomic E-state index is 13.2. The minimum Gasteiger partial charge on any atom is -0.206 e. The Balaban J connectivity index is 2.49. The van der Waals surface area contributed by atoms with E-state index in [1.165, 1.54) is 12.1 Å². The molecule has 0 spiro atoms. The van der Waals surface area contributed by atoms with Crippen LogP contribution in [0.2, 0.25) is 0 Å². The number of benzene rings is 1. The molecule has 0 amide bonds. The van der Waals surface area contributed by atoms with Gasteiger partial charge in [0.1, 0.15) is 11.9 Å². The lowest BCUT2D eigenvalue weighted by molar-refractivity contribution is 0.624. The van der Waals surface area contributed by atoms with Gasteiger partial charge in [-0.25, -0.2) is 4.39 Å². The van der Waals surface area contributed by atoms with Gasteiger partial charge in [-0.15, -0.1) is 11.3 Å². The van der Waals surface area contributed by atoms with E-state index in [0.29, 0.717) is 0 Å². The summed E-state index contributed by atoms with van der Waals surface area (Å²) in [5.41, 5.74) is 0.904. The van der Waals surface area contributed by atoms with Crippen LogP contribution in [0.15, 0.2) is 35.7 Å². The van der Waals surface area contributed by atoms with Crippen molar-refractivity contribution < 1.29 is 4.39 Å². The van der Waals surface area contributed by atoms with Crippen LogP contribution in [0.25, 0.3) is 10.4 Å². The third-order valence-electron chi connectivity index (χ3n) is 1.90. The molecular formula is C11H6FNS. The highest BCUT2D eigenvalue weighted by molar-refractivity contribution is 7.13. The van der Waals surface area contributed by atoms with Gasteiger partial charge in [-0.3, -0.25) is 0 Å². The zero-order chi connectivity index (χ0) is 9.97. The molecular weight excluding hydrogens is 197 g/mol. The van der Waals surface area contributed by atoms with Gasteiger partial charge < -0.3 is 0 Å². The molecule has 68 valence electrons. The van der Waals surface area contributed by atoms with E-state index in [9.17, 15) is 4.39 Å². The maximum Gasteiger partial charge on any atom is 0.141 e. The van der Waals surface area contributed by atoms with Gasteiger partial charge in [0.2, 0.25) is 0 Å². The third kappa shape index (κ3) is 1.52. The molecule has 0 saturated carbocycles. The lowest BCUT2D eigenvalue weighted by Crippen LogP contribution is -1.83. The van der Waals surface area contributed by atoms with Crippen molar-refractivity contribution in [2.24, 2.45) is 0 Å². The summed E-state index contributed by atoms with van der Waals surface area (Å²) in [6, 6.07) is 10.3. The van der Waals surface area contributed by atoms with Crippen LogP contribution in [0.4, 0.5) is 4.39 Å². The zero-order valence-electron chi connectivity index (χ0n) is 7.20. The topological polar surface area (TPSA) is 23.8 Å². The van der Waals surface area contributed by atoms with Crippen molar-refractivity contribution in [3.8, 4) is 16.5 Å². The molecule has 3 heteroatoms. The van der Waals surface area contributed by atoms with Crippen molar-refractivity contribution >= 4 is 11.3 Å². The molecule has 2 aromatic rings. The zero-order valence-corrected chi connectivity index (χ0v) is 8.01. The third-order valence-corrected chi connectivity index (χ3v) is 2.81. The summed E-state index contributed by atoms with van der Waals surface area (Å²) >= 11 is 1.55. The Labute approximate surface area is 85.1 Å². The van der Waals surface area contributed by atoms with Gasteiger partial charge in [0.25, 0.3) is 0 Å².